The van der Waals surface area contributed by atoms with Crippen LogP contribution in [0.3, 0.4) is 0 Å². The molecular formula is C17H28FIN4O2S2. The summed E-state index contributed by atoms with van der Waals surface area (Å²) in [4.78, 5) is 4.11. The van der Waals surface area contributed by atoms with Gasteiger partial charge in [-0.2, -0.15) is 11.8 Å². The second-order valence-corrected chi connectivity index (χ2v) is 9.39. The third kappa shape index (κ3) is 8.12. The number of halogens is 2. The Kier molecular flexibility index (Phi) is 10.9. The summed E-state index contributed by atoms with van der Waals surface area (Å²) < 4.78 is 39.3. The molecular weight excluding hydrogens is 502 g/mol. The number of rotatable bonds is 7. The first-order valence-corrected chi connectivity index (χ1v) is 11.4. The predicted octanol–water partition coefficient (Wildman–Crippen LogP) is 1.84. The summed E-state index contributed by atoms with van der Waals surface area (Å²) in [6, 6.07) is 4.76. The minimum atomic E-state index is -3.22. The predicted molar refractivity (Wildman–Crippen MR) is 122 cm³/mol. The molecule has 1 fully saturated rings. The maximum atomic E-state index is 13.1. The first-order valence-electron chi connectivity index (χ1n) is 8.67. The lowest BCUT2D eigenvalue weighted by atomic mass is 10.1. The van der Waals surface area contributed by atoms with Gasteiger partial charge in [0.25, 0.3) is 0 Å². The first-order chi connectivity index (χ1) is 12.4. The fourth-order valence-electron chi connectivity index (χ4n) is 2.73. The summed E-state index contributed by atoms with van der Waals surface area (Å²) in [6.45, 7) is 4.01. The second-order valence-electron chi connectivity index (χ2n) is 6.07. The number of nitrogens with one attached hydrogen (secondary N) is 2. The normalized spacial score (nSPS) is 15.9. The lowest BCUT2D eigenvalue weighted by Crippen LogP contribution is -2.44. The van der Waals surface area contributed by atoms with Crippen molar-refractivity contribution in [3.8, 4) is 0 Å². The van der Waals surface area contributed by atoms with E-state index >= 15 is 0 Å². The molecule has 1 aromatic carbocycles. The molecule has 154 valence electrons. The van der Waals surface area contributed by atoms with E-state index in [1.807, 2.05) is 6.92 Å². The molecule has 0 spiro atoms. The van der Waals surface area contributed by atoms with Crippen molar-refractivity contribution in [3.05, 3.63) is 35.1 Å². The van der Waals surface area contributed by atoms with Crippen LogP contribution in [0.2, 0.25) is 0 Å². The average Bonchev–Trinajstić information content (AvgIpc) is 2.62. The molecule has 27 heavy (non-hydrogen) atoms. The Hall–Kier alpha value is -0.590. The molecule has 1 aromatic rings. The topological polar surface area (TPSA) is 73.8 Å². The lowest BCUT2D eigenvalue weighted by Gasteiger charge is -2.25. The number of thioether (sulfide) groups is 1. The second kappa shape index (κ2) is 12.1. The molecule has 0 saturated carbocycles. The number of hydrogen-bond donors (Lipinski definition) is 2. The number of sulfonamides is 1. The summed E-state index contributed by atoms with van der Waals surface area (Å²) in [5.41, 5.74) is 1.99. The third-order valence-corrected chi connectivity index (χ3v) is 7.05. The summed E-state index contributed by atoms with van der Waals surface area (Å²) in [6.07, 6.45) is 0.733. The van der Waals surface area contributed by atoms with Gasteiger partial charge in [0.1, 0.15) is 5.82 Å². The van der Waals surface area contributed by atoms with Gasteiger partial charge in [0.15, 0.2) is 5.96 Å². The SMILES string of the molecule is CN=C(NCCc1ccc(F)cc1C)NCCS(=O)(=O)N1CCSCC1.I. The van der Waals surface area contributed by atoms with Crippen LogP contribution in [0.1, 0.15) is 11.1 Å². The minimum absolute atomic E-state index is 0. The van der Waals surface area contributed by atoms with Crippen molar-refractivity contribution < 1.29 is 12.8 Å². The molecule has 0 bridgehead atoms. The van der Waals surface area contributed by atoms with Gasteiger partial charge in [-0.15, -0.1) is 24.0 Å². The largest absolute Gasteiger partial charge is 0.356 e. The number of aliphatic imine (C=N–C) groups is 1. The minimum Gasteiger partial charge on any atom is -0.356 e. The van der Waals surface area contributed by atoms with Crippen molar-refractivity contribution in [2.45, 2.75) is 13.3 Å². The fraction of sp³-hybridized carbons (Fsp3) is 0.588. The molecule has 0 atom stereocenters. The van der Waals surface area contributed by atoms with Gasteiger partial charge in [-0.25, -0.2) is 17.1 Å². The Labute approximate surface area is 182 Å². The van der Waals surface area contributed by atoms with Crippen molar-refractivity contribution in [3.63, 3.8) is 0 Å². The van der Waals surface area contributed by atoms with Gasteiger partial charge >= 0.3 is 0 Å². The monoisotopic (exact) mass is 530 g/mol. The van der Waals surface area contributed by atoms with Crippen LogP contribution in [0.25, 0.3) is 0 Å². The number of guanidine groups is 1. The highest BCUT2D eigenvalue weighted by atomic mass is 127. The Morgan fingerprint density at radius 1 is 1.26 bits per heavy atom. The summed E-state index contributed by atoms with van der Waals surface area (Å²) in [5, 5.41) is 6.20. The summed E-state index contributed by atoms with van der Waals surface area (Å²) in [7, 11) is -1.57. The van der Waals surface area contributed by atoms with Crippen molar-refractivity contribution in [2.24, 2.45) is 4.99 Å². The maximum absolute atomic E-state index is 13.1. The van der Waals surface area contributed by atoms with E-state index in [0.717, 1.165) is 29.1 Å². The highest BCUT2D eigenvalue weighted by Crippen LogP contribution is 2.13. The molecule has 0 aromatic heterocycles. The Morgan fingerprint density at radius 2 is 1.93 bits per heavy atom. The number of benzene rings is 1. The zero-order chi connectivity index (χ0) is 19.0. The number of aryl methyl sites for hydroxylation is 1. The number of nitrogens with zero attached hydrogens (tertiary/aromatic N) is 2. The molecule has 0 aliphatic carbocycles. The van der Waals surface area contributed by atoms with Crippen LogP contribution >= 0.6 is 35.7 Å². The molecule has 10 heteroatoms. The van der Waals surface area contributed by atoms with E-state index in [9.17, 15) is 12.8 Å². The van der Waals surface area contributed by atoms with Crippen LogP contribution in [-0.4, -0.2) is 69.2 Å². The van der Waals surface area contributed by atoms with E-state index in [-0.39, 0.29) is 35.5 Å². The summed E-state index contributed by atoms with van der Waals surface area (Å²) in [5.74, 6) is 2.10. The molecule has 1 saturated heterocycles. The molecule has 6 nitrogen and oxygen atoms in total. The van der Waals surface area contributed by atoms with Crippen molar-refractivity contribution in [1.29, 1.82) is 0 Å². The van der Waals surface area contributed by atoms with E-state index < -0.39 is 10.0 Å². The van der Waals surface area contributed by atoms with Crippen molar-refractivity contribution in [1.82, 2.24) is 14.9 Å². The molecule has 2 rings (SSSR count). The van der Waals surface area contributed by atoms with Crippen molar-refractivity contribution in [2.75, 3.05) is 50.5 Å². The van der Waals surface area contributed by atoms with E-state index in [2.05, 4.69) is 15.6 Å². The zero-order valence-corrected chi connectivity index (χ0v) is 19.7. The van der Waals surface area contributed by atoms with E-state index in [1.165, 1.54) is 12.1 Å². The fourth-order valence-corrected chi connectivity index (χ4v) is 5.22. The van der Waals surface area contributed by atoms with Crippen LogP contribution < -0.4 is 10.6 Å². The van der Waals surface area contributed by atoms with Gasteiger partial charge in [0, 0.05) is 44.7 Å². The zero-order valence-electron chi connectivity index (χ0n) is 15.7. The molecule has 1 aliphatic rings. The molecule has 0 radical (unpaired) electrons. The third-order valence-electron chi connectivity index (χ3n) is 4.23. The van der Waals surface area contributed by atoms with Gasteiger partial charge in [-0.3, -0.25) is 4.99 Å². The van der Waals surface area contributed by atoms with Gasteiger partial charge in [0.2, 0.25) is 10.0 Å². The smallest absolute Gasteiger partial charge is 0.215 e. The first kappa shape index (κ1) is 24.4. The molecule has 1 heterocycles. The Bertz CT molecular complexity index is 726. The standard InChI is InChI=1S/C17H27FN4O2S2.HI/c1-14-13-16(18)4-3-15(14)5-6-20-17(19-2)21-7-12-26(23,24)22-8-10-25-11-9-22;/h3-4,13H,5-12H2,1-2H3,(H2,19,20,21);1H. The average molecular weight is 530 g/mol. The van der Waals surface area contributed by atoms with Crippen LogP contribution in [0.15, 0.2) is 23.2 Å². The van der Waals surface area contributed by atoms with E-state index in [0.29, 0.717) is 32.1 Å². The van der Waals surface area contributed by atoms with E-state index in [4.69, 9.17) is 0 Å². The Morgan fingerprint density at radius 3 is 2.56 bits per heavy atom. The van der Waals surface area contributed by atoms with Crippen LogP contribution in [0.5, 0.6) is 0 Å². The van der Waals surface area contributed by atoms with Gasteiger partial charge in [0.05, 0.1) is 5.75 Å². The van der Waals surface area contributed by atoms with Crippen molar-refractivity contribution >= 4 is 51.7 Å². The lowest BCUT2D eigenvalue weighted by molar-refractivity contribution is 0.443. The molecule has 0 unspecified atom stereocenters. The van der Waals surface area contributed by atoms with Gasteiger partial charge < -0.3 is 10.6 Å². The highest BCUT2D eigenvalue weighted by Gasteiger charge is 2.23. The van der Waals surface area contributed by atoms with Crippen LogP contribution in [0, 0.1) is 12.7 Å². The van der Waals surface area contributed by atoms with Gasteiger partial charge in [-0.1, -0.05) is 6.07 Å². The summed E-state index contributed by atoms with van der Waals surface area (Å²) >= 11 is 1.78. The van der Waals surface area contributed by atoms with Crippen LogP contribution in [-0.2, 0) is 16.4 Å². The molecule has 1 aliphatic heterocycles. The Balaban J connectivity index is 0.00000364. The highest BCUT2D eigenvalue weighted by molar-refractivity contribution is 14.0. The molecule has 2 N–H and O–H groups in total. The van der Waals surface area contributed by atoms with Crippen LogP contribution in [0.4, 0.5) is 4.39 Å². The number of hydrogen-bond acceptors (Lipinski definition) is 4. The van der Waals surface area contributed by atoms with Gasteiger partial charge in [-0.05, 0) is 36.6 Å². The van der Waals surface area contributed by atoms with E-state index in [1.54, 1.807) is 29.2 Å². The molecule has 0 amide bonds. The maximum Gasteiger partial charge on any atom is 0.215 e. The quantitative estimate of drug-likeness (QED) is 0.320.